The van der Waals surface area contributed by atoms with Crippen molar-refractivity contribution in [3.63, 3.8) is 0 Å². The van der Waals surface area contributed by atoms with Crippen molar-refractivity contribution < 1.29 is 0 Å². The van der Waals surface area contributed by atoms with Crippen LogP contribution >= 0.6 is 23.2 Å². The molecular weight excluding hydrogens is 295 g/mol. The molecule has 1 aromatic heterocycles. The Morgan fingerprint density at radius 3 is 2.55 bits per heavy atom. The van der Waals surface area contributed by atoms with Crippen molar-refractivity contribution in [3.8, 4) is 17.3 Å². The average molecular weight is 305 g/mol. The van der Waals surface area contributed by atoms with E-state index < -0.39 is 0 Å². The molecule has 0 bridgehead atoms. The summed E-state index contributed by atoms with van der Waals surface area (Å²) in [6.07, 6.45) is 1.90. The number of rotatable bonds is 2. The predicted molar refractivity (Wildman–Crippen MR) is 79.1 cm³/mol. The number of nitriles is 1. The molecule has 1 saturated carbocycles. The van der Waals surface area contributed by atoms with E-state index in [4.69, 9.17) is 28.5 Å². The number of pyridine rings is 1. The van der Waals surface area contributed by atoms with Crippen LogP contribution in [0.2, 0.25) is 10.0 Å². The smallest absolute Gasteiger partial charge is 0.269 e. The summed E-state index contributed by atoms with van der Waals surface area (Å²) in [7, 11) is 0. The number of halogens is 2. The molecule has 0 spiro atoms. The van der Waals surface area contributed by atoms with Gasteiger partial charge < -0.3 is 4.57 Å². The van der Waals surface area contributed by atoms with Crippen LogP contribution in [0.15, 0.2) is 35.1 Å². The van der Waals surface area contributed by atoms with Crippen molar-refractivity contribution in [3.05, 3.63) is 56.3 Å². The Kier molecular flexibility index (Phi) is 3.29. The zero-order chi connectivity index (χ0) is 14.3. The van der Waals surface area contributed by atoms with Gasteiger partial charge in [0.05, 0.1) is 10.7 Å². The van der Waals surface area contributed by atoms with Crippen LogP contribution < -0.4 is 5.56 Å². The Hall–Kier alpha value is -1.76. The van der Waals surface area contributed by atoms with Crippen LogP contribution in [-0.2, 0) is 0 Å². The molecule has 0 radical (unpaired) electrons. The van der Waals surface area contributed by atoms with Crippen molar-refractivity contribution in [2.45, 2.75) is 18.9 Å². The maximum atomic E-state index is 12.3. The molecule has 0 aliphatic heterocycles. The first-order chi connectivity index (χ1) is 9.61. The van der Waals surface area contributed by atoms with E-state index in [-0.39, 0.29) is 17.2 Å². The summed E-state index contributed by atoms with van der Waals surface area (Å²) in [5.74, 6) is 0. The van der Waals surface area contributed by atoms with E-state index in [0.29, 0.717) is 10.0 Å². The molecule has 100 valence electrons. The summed E-state index contributed by atoms with van der Waals surface area (Å²) in [6, 6.07) is 10.6. The van der Waals surface area contributed by atoms with E-state index in [9.17, 15) is 4.79 Å². The molecule has 1 aliphatic rings. The lowest BCUT2D eigenvalue weighted by Gasteiger charge is -2.14. The highest BCUT2D eigenvalue weighted by molar-refractivity contribution is 6.36. The molecule has 1 heterocycles. The third-order valence-corrected chi connectivity index (χ3v) is 3.90. The predicted octanol–water partition coefficient (Wildman–Crippen LogP) is 4.03. The van der Waals surface area contributed by atoms with Gasteiger partial charge in [0.15, 0.2) is 0 Å². The summed E-state index contributed by atoms with van der Waals surface area (Å²) in [5, 5.41) is 10.0. The van der Waals surface area contributed by atoms with Gasteiger partial charge in [-0.05, 0) is 43.2 Å². The number of benzene rings is 1. The fraction of sp³-hybridized carbons (Fsp3) is 0.200. The maximum absolute atomic E-state index is 12.3. The lowest BCUT2D eigenvalue weighted by molar-refractivity contribution is 0.713. The molecule has 3 nitrogen and oxygen atoms in total. The molecule has 0 atom stereocenters. The van der Waals surface area contributed by atoms with E-state index in [2.05, 4.69) is 0 Å². The molecule has 1 aliphatic carbocycles. The fourth-order valence-electron chi connectivity index (χ4n) is 2.25. The summed E-state index contributed by atoms with van der Waals surface area (Å²) in [4.78, 5) is 12.3. The molecule has 1 fully saturated rings. The number of hydrogen-bond acceptors (Lipinski definition) is 2. The Labute approximate surface area is 126 Å². The number of aromatic nitrogens is 1. The second-order valence-electron chi connectivity index (χ2n) is 4.77. The second kappa shape index (κ2) is 4.97. The minimum atomic E-state index is -0.251. The van der Waals surface area contributed by atoms with Gasteiger partial charge in [0.1, 0.15) is 11.6 Å². The molecule has 1 aromatic carbocycles. The quantitative estimate of drug-likeness (QED) is 0.841. The van der Waals surface area contributed by atoms with Gasteiger partial charge in [-0.3, -0.25) is 4.79 Å². The minimum absolute atomic E-state index is 0.158. The first kappa shape index (κ1) is 13.2. The summed E-state index contributed by atoms with van der Waals surface area (Å²) in [6.45, 7) is 0. The van der Waals surface area contributed by atoms with Crippen LogP contribution in [0.3, 0.4) is 0 Å². The minimum Gasteiger partial charge on any atom is -0.304 e. The van der Waals surface area contributed by atoms with Gasteiger partial charge in [-0.1, -0.05) is 23.2 Å². The molecule has 20 heavy (non-hydrogen) atoms. The number of hydrogen-bond donors (Lipinski definition) is 0. The van der Waals surface area contributed by atoms with Gasteiger partial charge in [-0.2, -0.15) is 5.26 Å². The molecule has 2 aromatic rings. The molecule has 0 saturated heterocycles. The van der Waals surface area contributed by atoms with Gasteiger partial charge in [0.25, 0.3) is 5.56 Å². The van der Waals surface area contributed by atoms with E-state index in [1.165, 1.54) is 0 Å². The molecular formula is C15H10Cl2N2O. The highest BCUT2D eigenvalue weighted by Gasteiger charge is 2.28. The molecule has 0 unspecified atom stereocenters. The number of nitrogens with zero attached hydrogens (tertiary/aromatic N) is 2. The highest BCUT2D eigenvalue weighted by Crippen LogP contribution is 2.39. The summed E-state index contributed by atoms with van der Waals surface area (Å²) < 4.78 is 1.67. The van der Waals surface area contributed by atoms with Crippen LogP contribution in [0.25, 0.3) is 11.3 Å². The van der Waals surface area contributed by atoms with Crippen molar-refractivity contribution >= 4 is 23.2 Å². The SMILES string of the molecule is N#Cc1ccc(-c2ccc(Cl)cc2Cl)n(C2CC2)c1=O. The summed E-state index contributed by atoms with van der Waals surface area (Å²) >= 11 is 12.1. The van der Waals surface area contributed by atoms with Gasteiger partial charge >= 0.3 is 0 Å². The second-order valence-corrected chi connectivity index (χ2v) is 5.62. The topological polar surface area (TPSA) is 45.8 Å². The molecule has 5 heteroatoms. The summed E-state index contributed by atoms with van der Waals surface area (Å²) in [5.41, 5.74) is 1.40. The maximum Gasteiger partial charge on any atom is 0.269 e. The van der Waals surface area contributed by atoms with Gasteiger partial charge in [-0.25, -0.2) is 0 Å². The van der Waals surface area contributed by atoms with Gasteiger partial charge in [-0.15, -0.1) is 0 Å². The highest BCUT2D eigenvalue weighted by atomic mass is 35.5. The standard InChI is InChI=1S/C15H10Cl2N2O/c16-10-2-5-12(13(17)7-10)14-6-1-9(8-18)15(20)19(14)11-3-4-11/h1-2,5-7,11H,3-4H2. The molecule has 3 rings (SSSR count). The monoisotopic (exact) mass is 304 g/mol. The molecule has 0 amide bonds. The van der Waals surface area contributed by atoms with Crippen LogP contribution in [-0.4, -0.2) is 4.57 Å². The zero-order valence-electron chi connectivity index (χ0n) is 10.4. The van der Waals surface area contributed by atoms with E-state index in [1.54, 1.807) is 34.9 Å². The lowest BCUT2D eigenvalue weighted by Crippen LogP contribution is -2.23. The largest absolute Gasteiger partial charge is 0.304 e. The van der Waals surface area contributed by atoms with E-state index in [0.717, 1.165) is 24.1 Å². The van der Waals surface area contributed by atoms with Crippen LogP contribution in [0, 0.1) is 11.3 Å². The Balaban J connectivity index is 2.26. The zero-order valence-corrected chi connectivity index (χ0v) is 11.9. The first-order valence-electron chi connectivity index (χ1n) is 6.23. The average Bonchev–Trinajstić information content (AvgIpc) is 3.23. The Morgan fingerprint density at radius 1 is 1.20 bits per heavy atom. The Bertz CT molecular complexity index is 785. The Morgan fingerprint density at radius 2 is 1.95 bits per heavy atom. The van der Waals surface area contributed by atoms with Crippen LogP contribution in [0.4, 0.5) is 0 Å². The van der Waals surface area contributed by atoms with Crippen molar-refractivity contribution in [1.29, 1.82) is 5.26 Å². The van der Waals surface area contributed by atoms with E-state index in [1.807, 2.05) is 6.07 Å². The first-order valence-corrected chi connectivity index (χ1v) is 6.98. The third kappa shape index (κ3) is 2.22. The molecule has 0 N–H and O–H groups in total. The fourth-order valence-corrected chi connectivity index (χ4v) is 2.76. The third-order valence-electron chi connectivity index (χ3n) is 3.36. The van der Waals surface area contributed by atoms with Crippen LogP contribution in [0.5, 0.6) is 0 Å². The lowest BCUT2D eigenvalue weighted by atomic mass is 10.1. The van der Waals surface area contributed by atoms with Gasteiger partial charge in [0.2, 0.25) is 0 Å². The normalized spacial score (nSPS) is 14.1. The van der Waals surface area contributed by atoms with Crippen molar-refractivity contribution in [1.82, 2.24) is 4.57 Å². The van der Waals surface area contributed by atoms with E-state index >= 15 is 0 Å². The van der Waals surface area contributed by atoms with Crippen molar-refractivity contribution in [2.24, 2.45) is 0 Å². The van der Waals surface area contributed by atoms with Crippen LogP contribution in [0.1, 0.15) is 24.4 Å². The van der Waals surface area contributed by atoms with Gasteiger partial charge in [0, 0.05) is 16.6 Å². The van der Waals surface area contributed by atoms with Crippen molar-refractivity contribution in [2.75, 3.05) is 0 Å².